The van der Waals surface area contributed by atoms with Gasteiger partial charge in [0.15, 0.2) is 0 Å². The van der Waals surface area contributed by atoms with Crippen LogP contribution in [0.15, 0.2) is 60.7 Å². The van der Waals surface area contributed by atoms with Gasteiger partial charge in [-0.3, -0.25) is 0 Å². The molecule has 1 heterocycles. The Balaban J connectivity index is 2.09. The molecule has 22 heavy (non-hydrogen) atoms. The molecule has 0 spiro atoms. The van der Waals surface area contributed by atoms with Gasteiger partial charge in [-0.15, -0.1) is 0 Å². The van der Waals surface area contributed by atoms with Crippen LogP contribution in [0.25, 0.3) is 16.9 Å². The third-order valence-corrected chi connectivity index (χ3v) is 4.21. The molecule has 3 rings (SSSR count). The molecule has 0 saturated carbocycles. The number of rotatable bonds is 3. The summed E-state index contributed by atoms with van der Waals surface area (Å²) in [6, 6.07) is 22.0. The largest absolute Gasteiger partial charge is 0.314 e. The van der Waals surface area contributed by atoms with Crippen molar-refractivity contribution in [3.8, 4) is 16.9 Å². The highest BCUT2D eigenvalue weighted by Gasteiger charge is 2.10. The molecule has 0 aliphatic rings. The number of hydrogen-bond donors (Lipinski definition) is 0. The highest BCUT2D eigenvalue weighted by atomic mass is 15.0. The minimum Gasteiger partial charge on any atom is -0.314 e. The Bertz CT molecular complexity index is 776. The van der Waals surface area contributed by atoms with Crippen LogP contribution in [0.4, 0.5) is 0 Å². The maximum atomic E-state index is 2.33. The van der Waals surface area contributed by atoms with Gasteiger partial charge in [0.1, 0.15) is 0 Å². The Labute approximate surface area is 133 Å². The molecule has 0 N–H and O–H groups in total. The first-order chi connectivity index (χ1) is 10.6. The first-order valence-electron chi connectivity index (χ1n) is 7.92. The van der Waals surface area contributed by atoms with Crippen molar-refractivity contribution in [1.82, 2.24) is 4.57 Å². The molecule has 0 amide bonds. The van der Waals surface area contributed by atoms with Gasteiger partial charge < -0.3 is 4.57 Å². The predicted molar refractivity (Wildman–Crippen MR) is 94.8 cm³/mol. The fourth-order valence-electron chi connectivity index (χ4n) is 2.92. The molecule has 0 aliphatic carbocycles. The van der Waals surface area contributed by atoms with Crippen LogP contribution >= 0.6 is 0 Å². The molecular formula is C21H23N. The number of aryl methyl sites for hydroxylation is 2. The van der Waals surface area contributed by atoms with E-state index in [1.165, 1.54) is 33.8 Å². The predicted octanol–water partition coefficient (Wildman–Crippen LogP) is 5.88. The number of hydrogen-bond acceptors (Lipinski definition) is 0. The van der Waals surface area contributed by atoms with Gasteiger partial charge >= 0.3 is 0 Å². The minimum atomic E-state index is 0.566. The van der Waals surface area contributed by atoms with Crippen LogP contribution in [0.5, 0.6) is 0 Å². The Morgan fingerprint density at radius 3 is 2.18 bits per heavy atom. The van der Waals surface area contributed by atoms with E-state index in [1.807, 2.05) is 0 Å². The lowest BCUT2D eigenvalue weighted by Crippen LogP contribution is -1.99. The molecule has 0 radical (unpaired) electrons. The van der Waals surface area contributed by atoms with Crippen LogP contribution in [0.2, 0.25) is 0 Å². The summed E-state index contributed by atoms with van der Waals surface area (Å²) in [5.74, 6) is 0.566. The number of aromatic nitrogens is 1. The van der Waals surface area contributed by atoms with Crippen molar-refractivity contribution in [1.29, 1.82) is 0 Å². The minimum absolute atomic E-state index is 0.566. The van der Waals surface area contributed by atoms with Crippen LogP contribution in [0.1, 0.15) is 36.6 Å². The summed E-state index contributed by atoms with van der Waals surface area (Å²) in [5, 5.41) is 0. The molecule has 0 fully saturated rings. The topological polar surface area (TPSA) is 4.93 Å². The number of nitrogens with zero attached hydrogens (tertiary/aromatic N) is 1. The Morgan fingerprint density at radius 2 is 1.55 bits per heavy atom. The third kappa shape index (κ3) is 2.71. The second-order valence-electron chi connectivity index (χ2n) is 6.31. The van der Waals surface area contributed by atoms with Crippen LogP contribution in [0, 0.1) is 13.8 Å². The highest BCUT2D eigenvalue weighted by molar-refractivity contribution is 5.65. The Morgan fingerprint density at radius 1 is 0.818 bits per heavy atom. The summed E-state index contributed by atoms with van der Waals surface area (Å²) in [7, 11) is 0. The van der Waals surface area contributed by atoms with Gasteiger partial charge in [0.25, 0.3) is 0 Å². The summed E-state index contributed by atoms with van der Waals surface area (Å²) in [5.41, 5.74) is 7.67. The summed E-state index contributed by atoms with van der Waals surface area (Å²) >= 11 is 0. The van der Waals surface area contributed by atoms with Gasteiger partial charge in [-0.2, -0.15) is 0 Å². The molecule has 1 nitrogen and oxygen atoms in total. The van der Waals surface area contributed by atoms with E-state index >= 15 is 0 Å². The lowest BCUT2D eigenvalue weighted by molar-refractivity contribution is 0.865. The van der Waals surface area contributed by atoms with Crippen molar-refractivity contribution in [3.63, 3.8) is 0 Å². The Kier molecular flexibility index (Phi) is 3.89. The smallest absolute Gasteiger partial charge is 0.0531 e. The monoisotopic (exact) mass is 289 g/mol. The van der Waals surface area contributed by atoms with Gasteiger partial charge in [-0.25, -0.2) is 0 Å². The highest BCUT2D eigenvalue weighted by Crippen LogP contribution is 2.27. The lowest BCUT2D eigenvalue weighted by Gasteiger charge is -2.14. The number of benzene rings is 2. The molecule has 0 aliphatic heterocycles. The zero-order valence-electron chi connectivity index (χ0n) is 13.8. The normalized spacial score (nSPS) is 11.1. The second kappa shape index (κ2) is 5.84. The summed E-state index contributed by atoms with van der Waals surface area (Å²) in [6.07, 6.45) is 0. The fraction of sp³-hybridized carbons (Fsp3) is 0.238. The average Bonchev–Trinajstić information content (AvgIpc) is 2.89. The molecule has 1 heteroatoms. The van der Waals surface area contributed by atoms with Gasteiger partial charge in [-0.05, 0) is 61.2 Å². The van der Waals surface area contributed by atoms with Crippen molar-refractivity contribution in [2.75, 3.05) is 0 Å². The van der Waals surface area contributed by atoms with Crippen LogP contribution < -0.4 is 0 Å². The van der Waals surface area contributed by atoms with E-state index in [1.54, 1.807) is 0 Å². The average molecular weight is 289 g/mol. The molecule has 0 bridgehead atoms. The van der Waals surface area contributed by atoms with Crippen molar-refractivity contribution >= 4 is 0 Å². The van der Waals surface area contributed by atoms with E-state index in [-0.39, 0.29) is 0 Å². The molecular weight excluding hydrogens is 266 g/mol. The zero-order valence-corrected chi connectivity index (χ0v) is 13.8. The van der Waals surface area contributed by atoms with Gasteiger partial charge in [-0.1, -0.05) is 49.7 Å². The van der Waals surface area contributed by atoms with Crippen molar-refractivity contribution in [2.24, 2.45) is 0 Å². The van der Waals surface area contributed by atoms with Crippen LogP contribution in [0.3, 0.4) is 0 Å². The van der Waals surface area contributed by atoms with Crippen LogP contribution in [-0.2, 0) is 0 Å². The first-order valence-corrected chi connectivity index (χ1v) is 7.92. The third-order valence-electron chi connectivity index (χ3n) is 4.21. The summed E-state index contributed by atoms with van der Waals surface area (Å²) < 4.78 is 2.33. The molecule has 112 valence electrons. The molecule has 0 saturated heterocycles. The van der Waals surface area contributed by atoms with Gasteiger partial charge in [0, 0.05) is 11.4 Å². The van der Waals surface area contributed by atoms with Crippen molar-refractivity contribution < 1.29 is 0 Å². The zero-order chi connectivity index (χ0) is 15.7. The van der Waals surface area contributed by atoms with E-state index in [0.717, 1.165) is 0 Å². The van der Waals surface area contributed by atoms with E-state index in [0.29, 0.717) is 5.92 Å². The summed E-state index contributed by atoms with van der Waals surface area (Å²) in [4.78, 5) is 0. The van der Waals surface area contributed by atoms with Crippen molar-refractivity contribution in [2.45, 2.75) is 33.6 Å². The van der Waals surface area contributed by atoms with Crippen LogP contribution in [-0.4, -0.2) is 4.57 Å². The van der Waals surface area contributed by atoms with Gasteiger partial charge in [0.2, 0.25) is 0 Å². The molecule has 0 unspecified atom stereocenters. The van der Waals surface area contributed by atoms with E-state index in [4.69, 9.17) is 0 Å². The molecule has 1 aromatic heterocycles. The molecule has 2 aromatic carbocycles. The second-order valence-corrected chi connectivity index (χ2v) is 6.31. The summed E-state index contributed by atoms with van der Waals surface area (Å²) in [6.45, 7) is 8.76. The van der Waals surface area contributed by atoms with Crippen molar-refractivity contribution in [3.05, 3.63) is 77.5 Å². The molecule has 0 atom stereocenters. The quantitative estimate of drug-likeness (QED) is 0.567. The maximum Gasteiger partial charge on any atom is 0.0531 e. The van der Waals surface area contributed by atoms with E-state index < -0.39 is 0 Å². The molecule has 3 aromatic rings. The first kappa shape index (κ1) is 14.6. The van der Waals surface area contributed by atoms with E-state index in [9.17, 15) is 0 Å². The lowest BCUT2D eigenvalue weighted by atomic mass is 10.0. The standard InChI is InChI=1S/C21H23N/c1-15(2)18-9-11-20(12-10-18)22-17(4)8-13-21(22)19-7-5-6-16(3)14-19/h5-15H,1-4H3. The maximum absolute atomic E-state index is 2.33. The van der Waals surface area contributed by atoms with Gasteiger partial charge in [0.05, 0.1) is 5.69 Å². The SMILES string of the molecule is Cc1cccc(-c2ccc(C)n2-c2ccc(C(C)C)cc2)c1. The van der Waals surface area contributed by atoms with E-state index in [2.05, 4.69) is 92.9 Å². The Hall–Kier alpha value is -2.28. The fourth-order valence-corrected chi connectivity index (χ4v) is 2.92.